The summed E-state index contributed by atoms with van der Waals surface area (Å²) in [5, 5.41) is 21.8. The molecule has 27 heavy (non-hydrogen) atoms. The molecule has 2 aromatic rings. The van der Waals surface area contributed by atoms with Crippen LogP contribution in [0.1, 0.15) is 48.2 Å². The van der Waals surface area contributed by atoms with Gasteiger partial charge in [0.25, 0.3) is 0 Å². The number of hydrogen-bond acceptors (Lipinski definition) is 4. The molecular weight excluding hydrogens is 362 g/mol. The molecule has 1 saturated heterocycles. The third kappa shape index (κ3) is 3.99. The van der Waals surface area contributed by atoms with E-state index >= 15 is 0 Å². The SMILES string of the molecule is Cc1ccc2c(c1)C(O)CC1(CCN(CC(O)c3ccc(Cl)cc3)CC1)O2. The number of nitrogens with zero attached hydrogens (tertiary/aromatic N) is 1. The number of hydrogen-bond donors (Lipinski definition) is 2. The van der Waals surface area contributed by atoms with Crippen LogP contribution in [0.4, 0.5) is 0 Å². The van der Waals surface area contributed by atoms with Crippen LogP contribution in [0.15, 0.2) is 42.5 Å². The van der Waals surface area contributed by atoms with Gasteiger partial charge in [-0.15, -0.1) is 0 Å². The zero-order valence-electron chi connectivity index (χ0n) is 15.6. The molecule has 2 atom stereocenters. The molecular formula is C22H26ClNO3. The average molecular weight is 388 g/mol. The summed E-state index contributed by atoms with van der Waals surface area (Å²) in [6.45, 7) is 4.31. The molecule has 0 aromatic heterocycles. The van der Waals surface area contributed by atoms with Crippen molar-refractivity contribution in [3.8, 4) is 5.75 Å². The maximum absolute atomic E-state index is 10.6. The van der Waals surface area contributed by atoms with Gasteiger partial charge in [0, 0.05) is 36.6 Å². The molecule has 2 aliphatic heterocycles. The minimum Gasteiger partial charge on any atom is -0.487 e. The molecule has 1 spiro atoms. The summed E-state index contributed by atoms with van der Waals surface area (Å²) in [6, 6.07) is 13.4. The minimum atomic E-state index is -0.530. The highest BCUT2D eigenvalue weighted by Crippen LogP contribution is 2.44. The molecule has 0 aliphatic carbocycles. The van der Waals surface area contributed by atoms with E-state index in [1.165, 1.54) is 0 Å². The Morgan fingerprint density at radius 2 is 1.89 bits per heavy atom. The fourth-order valence-electron chi connectivity index (χ4n) is 4.24. The Balaban J connectivity index is 1.39. The molecule has 0 radical (unpaired) electrons. The Morgan fingerprint density at radius 1 is 1.19 bits per heavy atom. The second-order valence-corrected chi connectivity index (χ2v) is 8.35. The van der Waals surface area contributed by atoms with Crippen molar-refractivity contribution in [2.75, 3.05) is 19.6 Å². The van der Waals surface area contributed by atoms with Gasteiger partial charge in [-0.3, -0.25) is 0 Å². The largest absolute Gasteiger partial charge is 0.487 e. The smallest absolute Gasteiger partial charge is 0.125 e. The summed E-state index contributed by atoms with van der Waals surface area (Å²) in [5.41, 5.74) is 2.62. The molecule has 0 bridgehead atoms. The van der Waals surface area contributed by atoms with Crippen molar-refractivity contribution in [1.82, 2.24) is 4.90 Å². The second-order valence-electron chi connectivity index (χ2n) is 7.91. The molecule has 2 aliphatic rings. The lowest BCUT2D eigenvalue weighted by Crippen LogP contribution is -2.51. The number of likely N-dealkylation sites (tertiary alicyclic amines) is 1. The number of rotatable bonds is 3. The highest BCUT2D eigenvalue weighted by Gasteiger charge is 2.43. The summed E-state index contributed by atoms with van der Waals surface area (Å²) in [4.78, 5) is 2.27. The van der Waals surface area contributed by atoms with Gasteiger partial charge in [-0.05, 0) is 49.6 Å². The van der Waals surface area contributed by atoms with Crippen molar-refractivity contribution in [3.63, 3.8) is 0 Å². The first-order chi connectivity index (χ1) is 12.9. The van der Waals surface area contributed by atoms with Gasteiger partial charge in [-0.25, -0.2) is 0 Å². The monoisotopic (exact) mass is 387 g/mol. The van der Waals surface area contributed by atoms with Gasteiger partial charge in [-0.2, -0.15) is 0 Å². The molecule has 2 unspecified atom stereocenters. The van der Waals surface area contributed by atoms with Crippen molar-refractivity contribution in [3.05, 3.63) is 64.2 Å². The second kappa shape index (κ2) is 7.44. The molecule has 5 heteroatoms. The van der Waals surface area contributed by atoms with Crippen LogP contribution in [-0.4, -0.2) is 40.3 Å². The number of piperidine rings is 1. The lowest BCUT2D eigenvalue weighted by Gasteiger charge is -2.46. The third-order valence-electron chi connectivity index (χ3n) is 5.87. The first kappa shape index (κ1) is 18.8. The number of fused-ring (bicyclic) bond motifs is 1. The number of ether oxygens (including phenoxy) is 1. The molecule has 144 valence electrons. The van der Waals surface area contributed by atoms with Gasteiger partial charge in [0.1, 0.15) is 11.4 Å². The molecule has 1 fully saturated rings. The Labute approximate surface area is 165 Å². The number of aliphatic hydroxyl groups is 2. The van der Waals surface area contributed by atoms with Crippen LogP contribution in [0.5, 0.6) is 5.75 Å². The summed E-state index contributed by atoms with van der Waals surface area (Å²) in [6.07, 6.45) is 1.34. The number of β-amino-alcohol motifs (C(OH)–C–C–N with tert-alkyl or cyclic N) is 1. The standard InChI is InChI=1S/C22H26ClNO3/c1-15-2-7-21-18(12-15)19(25)13-22(27-21)8-10-24(11-9-22)14-20(26)16-3-5-17(23)6-4-16/h2-7,12,19-20,25-26H,8-11,13-14H2,1H3. The number of benzene rings is 2. The molecule has 2 heterocycles. The maximum atomic E-state index is 10.6. The van der Waals surface area contributed by atoms with Crippen molar-refractivity contribution in [2.24, 2.45) is 0 Å². The summed E-state index contributed by atoms with van der Waals surface area (Å²) in [7, 11) is 0. The van der Waals surface area contributed by atoms with Crippen molar-refractivity contribution >= 4 is 11.6 Å². The number of aryl methyl sites for hydroxylation is 1. The van der Waals surface area contributed by atoms with E-state index in [2.05, 4.69) is 4.90 Å². The first-order valence-corrected chi connectivity index (χ1v) is 9.95. The fourth-order valence-corrected chi connectivity index (χ4v) is 4.37. The fraction of sp³-hybridized carbons (Fsp3) is 0.455. The predicted octanol–water partition coefficient (Wildman–Crippen LogP) is 4.03. The summed E-state index contributed by atoms with van der Waals surface area (Å²) in [5.74, 6) is 0.814. The van der Waals surface area contributed by atoms with Crippen molar-refractivity contribution in [1.29, 1.82) is 0 Å². The average Bonchev–Trinajstić information content (AvgIpc) is 2.65. The number of aliphatic hydroxyl groups excluding tert-OH is 2. The van der Waals surface area contributed by atoms with E-state index in [0.29, 0.717) is 18.0 Å². The quantitative estimate of drug-likeness (QED) is 0.834. The van der Waals surface area contributed by atoms with Crippen LogP contribution < -0.4 is 4.74 Å². The molecule has 4 rings (SSSR count). The van der Waals surface area contributed by atoms with Crippen LogP contribution in [0.3, 0.4) is 0 Å². The number of halogens is 1. The van der Waals surface area contributed by atoms with E-state index in [-0.39, 0.29) is 5.60 Å². The minimum absolute atomic E-state index is 0.302. The molecule has 2 N–H and O–H groups in total. The van der Waals surface area contributed by atoms with Crippen LogP contribution in [0.2, 0.25) is 5.02 Å². The van der Waals surface area contributed by atoms with E-state index in [1.807, 2.05) is 49.4 Å². The van der Waals surface area contributed by atoms with Crippen LogP contribution in [0.25, 0.3) is 0 Å². The van der Waals surface area contributed by atoms with Crippen LogP contribution >= 0.6 is 11.6 Å². The third-order valence-corrected chi connectivity index (χ3v) is 6.12. The molecule has 0 saturated carbocycles. The van der Waals surface area contributed by atoms with E-state index in [4.69, 9.17) is 16.3 Å². The topological polar surface area (TPSA) is 52.9 Å². The zero-order chi connectivity index (χ0) is 19.0. The van der Waals surface area contributed by atoms with Gasteiger partial charge in [0.05, 0.1) is 12.2 Å². The molecule has 2 aromatic carbocycles. The Morgan fingerprint density at radius 3 is 2.59 bits per heavy atom. The van der Waals surface area contributed by atoms with Gasteiger partial charge in [0.2, 0.25) is 0 Å². The van der Waals surface area contributed by atoms with E-state index in [1.54, 1.807) is 0 Å². The van der Waals surface area contributed by atoms with Gasteiger partial charge < -0.3 is 19.8 Å². The predicted molar refractivity (Wildman–Crippen MR) is 106 cm³/mol. The van der Waals surface area contributed by atoms with Crippen molar-refractivity contribution < 1.29 is 14.9 Å². The Hall–Kier alpha value is -1.59. The van der Waals surface area contributed by atoms with E-state index < -0.39 is 12.2 Å². The Kier molecular flexibility index (Phi) is 5.17. The van der Waals surface area contributed by atoms with Crippen LogP contribution in [-0.2, 0) is 0 Å². The lowest BCUT2D eigenvalue weighted by molar-refractivity contribution is -0.0588. The maximum Gasteiger partial charge on any atom is 0.125 e. The summed E-state index contributed by atoms with van der Waals surface area (Å²) < 4.78 is 6.37. The molecule has 0 amide bonds. The van der Waals surface area contributed by atoms with Gasteiger partial charge >= 0.3 is 0 Å². The highest BCUT2D eigenvalue weighted by molar-refractivity contribution is 6.30. The van der Waals surface area contributed by atoms with E-state index in [0.717, 1.165) is 48.4 Å². The molecule has 4 nitrogen and oxygen atoms in total. The zero-order valence-corrected chi connectivity index (χ0v) is 16.3. The Bertz CT molecular complexity index is 800. The normalized spacial score (nSPS) is 22.9. The van der Waals surface area contributed by atoms with Gasteiger partial charge in [-0.1, -0.05) is 35.4 Å². The first-order valence-electron chi connectivity index (χ1n) is 9.58. The van der Waals surface area contributed by atoms with Gasteiger partial charge in [0.15, 0.2) is 0 Å². The summed E-state index contributed by atoms with van der Waals surface area (Å²) >= 11 is 5.92. The lowest BCUT2D eigenvalue weighted by atomic mass is 9.81. The van der Waals surface area contributed by atoms with Crippen molar-refractivity contribution in [2.45, 2.75) is 44.0 Å². The van der Waals surface area contributed by atoms with E-state index in [9.17, 15) is 10.2 Å². The van der Waals surface area contributed by atoms with Crippen LogP contribution in [0, 0.1) is 6.92 Å². The highest BCUT2D eigenvalue weighted by atomic mass is 35.5.